The first-order chi connectivity index (χ1) is 9.95. The number of likely N-dealkylation sites (N-methyl/N-ethyl adjacent to an activating group) is 1. The number of rotatable bonds is 2. The van der Waals surface area contributed by atoms with Crippen molar-refractivity contribution < 1.29 is 9.59 Å². The summed E-state index contributed by atoms with van der Waals surface area (Å²) in [5.74, 6) is -0.136. The quantitative estimate of drug-likeness (QED) is 0.907. The maximum Gasteiger partial charge on any atom is 0.324 e. The lowest BCUT2D eigenvalue weighted by atomic mass is 10.2. The number of anilines is 1. The van der Waals surface area contributed by atoms with Gasteiger partial charge in [0, 0.05) is 26.3 Å². The number of hydrogen-bond donors (Lipinski definition) is 1. The van der Waals surface area contributed by atoms with Gasteiger partial charge in [-0.25, -0.2) is 4.79 Å². The van der Waals surface area contributed by atoms with Gasteiger partial charge in [-0.1, -0.05) is 23.2 Å². The standard InChI is InChI=1S/C14H17Cl2N3O2/c1-17-13(20)12-4-3-7-19(12)14(21)18(2)9-5-6-10(15)11(16)8-9/h5-6,8,12H,3-4,7H2,1-2H3,(H,17,20)/t12-/m1/s1. The number of nitrogens with zero attached hydrogens (tertiary/aromatic N) is 2. The van der Waals surface area contributed by atoms with Crippen LogP contribution in [0.25, 0.3) is 0 Å². The first kappa shape index (κ1) is 15.9. The molecule has 0 aromatic heterocycles. The Balaban J connectivity index is 2.18. The molecule has 2 rings (SSSR count). The van der Waals surface area contributed by atoms with Gasteiger partial charge in [0.25, 0.3) is 0 Å². The van der Waals surface area contributed by atoms with Crippen LogP contribution in [0.1, 0.15) is 12.8 Å². The third-order valence-corrected chi connectivity index (χ3v) is 4.36. The molecule has 21 heavy (non-hydrogen) atoms. The Morgan fingerprint density at radius 2 is 2.05 bits per heavy atom. The van der Waals surface area contributed by atoms with Crippen LogP contribution in [-0.4, -0.2) is 43.5 Å². The Morgan fingerprint density at radius 3 is 2.67 bits per heavy atom. The van der Waals surface area contributed by atoms with E-state index in [9.17, 15) is 9.59 Å². The predicted octanol–water partition coefficient (Wildman–Crippen LogP) is 2.76. The zero-order valence-corrected chi connectivity index (χ0v) is 13.4. The zero-order valence-electron chi connectivity index (χ0n) is 11.9. The highest BCUT2D eigenvalue weighted by atomic mass is 35.5. The van der Waals surface area contributed by atoms with E-state index < -0.39 is 6.04 Å². The van der Waals surface area contributed by atoms with Gasteiger partial charge in [0.2, 0.25) is 5.91 Å². The molecular formula is C14H17Cl2N3O2. The van der Waals surface area contributed by atoms with E-state index in [1.165, 1.54) is 4.90 Å². The van der Waals surface area contributed by atoms with Crippen LogP contribution in [0.3, 0.4) is 0 Å². The molecule has 1 aromatic carbocycles. The molecule has 0 unspecified atom stereocenters. The van der Waals surface area contributed by atoms with Gasteiger partial charge in [-0.05, 0) is 31.0 Å². The summed E-state index contributed by atoms with van der Waals surface area (Å²) in [6.07, 6.45) is 1.50. The molecule has 0 aliphatic carbocycles. The second kappa shape index (κ2) is 6.54. The average Bonchev–Trinajstić information content (AvgIpc) is 2.97. The van der Waals surface area contributed by atoms with E-state index >= 15 is 0 Å². The largest absolute Gasteiger partial charge is 0.357 e. The van der Waals surface area contributed by atoms with Crippen molar-refractivity contribution in [3.05, 3.63) is 28.2 Å². The average molecular weight is 330 g/mol. The third kappa shape index (κ3) is 3.24. The van der Waals surface area contributed by atoms with Crippen molar-refractivity contribution in [1.82, 2.24) is 10.2 Å². The topological polar surface area (TPSA) is 52.7 Å². The Bertz CT molecular complexity index is 565. The first-order valence-electron chi connectivity index (χ1n) is 6.66. The molecule has 5 nitrogen and oxygen atoms in total. The minimum Gasteiger partial charge on any atom is -0.357 e. The Hall–Kier alpha value is -1.46. The second-order valence-electron chi connectivity index (χ2n) is 4.91. The molecule has 1 aliphatic rings. The molecule has 1 heterocycles. The smallest absolute Gasteiger partial charge is 0.324 e. The van der Waals surface area contributed by atoms with Crippen LogP contribution in [0.15, 0.2) is 18.2 Å². The monoisotopic (exact) mass is 329 g/mol. The number of hydrogen-bond acceptors (Lipinski definition) is 2. The van der Waals surface area contributed by atoms with Crippen LogP contribution in [0.2, 0.25) is 10.0 Å². The molecule has 0 spiro atoms. The molecule has 3 amide bonds. The van der Waals surface area contributed by atoms with Gasteiger partial charge < -0.3 is 10.2 Å². The van der Waals surface area contributed by atoms with Gasteiger partial charge in [0.05, 0.1) is 10.0 Å². The maximum absolute atomic E-state index is 12.6. The zero-order chi connectivity index (χ0) is 15.6. The van der Waals surface area contributed by atoms with Crippen LogP contribution in [0.4, 0.5) is 10.5 Å². The van der Waals surface area contributed by atoms with Crippen molar-refractivity contribution in [2.45, 2.75) is 18.9 Å². The van der Waals surface area contributed by atoms with Crippen molar-refractivity contribution in [2.75, 3.05) is 25.5 Å². The molecule has 114 valence electrons. The molecule has 1 N–H and O–H groups in total. The number of carbonyl (C=O) groups excluding carboxylic acids is 2. The van der Waals surface area contributed by atoms with Crippen LogP contribution in [0, 0.1) is 0 Å². The number of amides is 3. The lowest BCUT2D eigenvalue weighted by Crippen LogP contribution is -2.49. The molecule has 7 heteroatoms. The van der Waals surface area contributed by atoms with Gasteiger partial charge in [-0.3, -0.25) is 9.69 Å². The summed E-state index contributed by atoms with van der Waals surface area (Å²) in [5, 5.41) is 3.42. The summed E-state index contributed by atoms with van der Waals surface area (Å²) in [5.41, 5.74) is 0.636. The van der Waals surface area contributed by atoms with Gasteiger partial charge in [0.1, 0.15) is 6.04 Å². The van der Waals surface area contributed by atoms with Crippen LogP contribution < -0.4 is 10.2 Å². The summed E-state index contributed by atoms with van der Waals surface area (Å²) >= 11 is 11.9. The summed E-state index contributed by atoms with van der Waals surface area (Å²) < 4.78 is 0. The van der Waals surface area contributed by atoms with Gasteiger partial charge >= 0.3 is 6.03 Å². The number of halogens is 2. The highest BCUT2D eigenvalue weighted by molar-refractivity contribution is 6.42. The summed E-state index contributed by atoms with van der Waals surface area (Å²) in [4.78, 5) is 27.5. The van der Waals surface area contributed by atoms with Crippen LogP contribution in [-0.2, 0) is 4.79 Å². The summed E-state index contributed by atoms with van der Waals surface area (Å²) in [6, 6.07) is 4.36. The number of benzene rings is 1. The summed E-state index contributed by atoms with van der Waals surface area (Å²) in [6.45, 7) is 0.572. The molecule has 0 bridgehead atoms. The molecule has 0 radical (unpaired) electrons. The maximum atomic E-state index is 12.6. The van der Waals surface area contributed by atoms with Gasteiger partial charge in [-0.2, -0.15) is 0 Å². The molecule has 1 fully saturated rings. The van der Waals surface area contributed by atoms with E-state index in [1.54, 1.807) is 37.2 Å². The number of carbonyl (C=O) groups is 2. The SMILES string of the molecule is CNC(=O)[C@H]1CCCN1C(=O)N(C)c1ccc(Cl)c(Cl)c1. The van der Waals surface area contributed by atoms with Crippen molar-refractivity contribution in [1.29, 1.82) is 0 Å². The molecule has 1 atom stereocenters. The Kier molecular flexibility index (Phi) is 4.96. The van der Waals surface area contributed by atoms with Crippen molar-refractivity contribution >= 4 is 40.8 Å². The van der Waals surface area contributed by atoms with Crippen molar-refractivity contribution in [2.24, 2.45) is 0 Å². The van der Waals surface area contributed by atoms with E-state index in [0.717, 1.165) is 6.42 Å². The minimum absolute atomic E-state index is 0.136. The highest BCUT2D eigenvalue weighted by Crippen LogP contribution is 2.28. The number of urea groups is 1. The highest BCUT2D eigenvalue weighted by Gasteiger charge is 2.35. The molecule has 1 aromatic rings. The molecule has 0 saturated carbocycles. The summed E-state index contributed by atoms with van der Waals surface area (Å²) in [7, 11) is 3.23. The lowest BCUT2D eigenvalue weighted by Gasteiger charge is -2.28. The Morgan fingerprint density at radius 1 is 1.33 bits per heavy atom. The number of nitrogens with one attached hydrogen (secondary N) is 1. The molecule has 1 saturated heterocycles. The van der Waals surface area contributed by atoms with E-state index in [2.05, 4.69) is 5.32 Å². The predicted molar refractivity (Wildman–Crippen MR) is 84.1 cm³/mol. The van der Waals surface area contributed by atoms with Crippen LogP contribution >= 0.6 is 23.2 Å². The lowest BCUT2D eigenvalue weighted by molar-refractivity contribution is -0.124. The Labute approximate surface area is 133 Å². The molecule has 1 aliphatic heterocycles. The first-order valence-corrected chi connectivity index (χ1v) is 7.42. The fraction of sp³-hybridized carbons (Fsp3) is 0.429. The van der Waals surface area contributed by atoms with E-state index in [4.69, 9.17) is 23.2 Å². The second-order valence-corrected chi connectivity index (χ2v) is 5.72. The van der Waals surface area contributed by atoms with Crippen molar-refractivity contribution in [3.8, 4) is 0 Å². The van der Waals surface area contributed by atoms with Crippen LogP contribution in [0.5, 0.6) is 0 Å². The van der Waals surface area contributed by atoms with E-state index in [-0.39, 0.29) is 11.9 Å². The fourth-order valence-corrected chi connectivity index (χ4v) is 2.72. The number of likely N-dealkylation sites (tertiary alicyclic amines) is 1. The third-order valence-electron chi connectivity index (χ3n) is 3.62. The minimum atomic E-state index is -0.410. The fourth-order valence-electron chi connectivity index (χ4n) is 2.43. The van der Waals surface area contributed by atoms with E-state index in [1.807, 2.05) is 0 Å². The van der Waals surface area contributed by atoms with Crippen molar-refractivity contribution in [3.63, 3.8) is 0 Å². The van der Waals surface area contributed by atoms with E-state index in [0.29, 0.717) is 28.7 Å². The molecular weight excluding hydrogens is 313 g/mol. The van der Waals surface area contributed by atoms with Gasteiger partial charge in [-0.15, -0.1) is 0 Å². The normalized spacial score (nSPS) is 17.7. The van der Waals surface area contributed by atoms with Gasteiger partial charge in [0.15, 0.2) is 0 Å².